The maximum absolute atomic E-state index is 13.5. The summed E-state index contributed by atoms with van der Waals surface area (Å²) in [5, 5.41) is 0. The van der Waals surface area contributed by atoms with Gasteiger partial charge in [0.05, 0.1) is 12.2 Å². The van der Waals surface area contributed by atoms with Crippen molar-refractivity contribution in [2.24, 2.45) is 0 Å². The molecule has 31 heavy (non-hydrogen) atoms. The van der Waals surface area contributed by atoms with E-state index >= 15 is 0 Å². The van der Waals surface area contributed by atoms with Gasteiger partial charge >= 0.3 is 0 Å². The van der Waals surface area contributed by atoms with Gasteiger partial charge in [-0.2, -0.15) is 0 Å². The van der Waals surface area contributed by atoms with Gasteiger partial charge in [-0.15, -0.1) is 6.58 Å². The van der Waals surface area contributed by atoms with E-state index in [2.05, 4.69) is 30.6 Å². The lowest BCUT2D eigenvalue weighted by Gasteiger charge is -2.43. The van der Waals surface area contributed by atoms with Crippen LogP contribution in [0.3, 0.4) is 0 Å². The number of hydrogen-bond acceptors (Lipinski definition) is 2. The fraction of sp³-hybridized carbons (Fsp3) is 0.259. The Bertz CT molecular complexity index is 1060. The topological polar surface area (TPSA) is 33.2 Å². The number of nitrogens with zero attached hydrogens (tertiary/aromatic N) is 2. The summed E-state index contributed by atoms with van der Waals surface area (Å²) in [5.74, 6) is -0.182. The van der Waals surface area contributed by atoms with Gasteiger partial charge in [0, 0.05) is 30.1 Å². The zero-order chi connectivity index (χ0) is 21.8. The average molecular weight is 415 g/mol. The molecule has 1 amide bonds. The number of allylic oxidation sites excluding steroid dienone is 1. The van der Waals surface area contributed by atoms with Gasteiger partial charge < -0.3 is 4.90 Å². The third-order valence-electron chi connectivity index (χ3n) is 6.46. The van der Waals surface area contributed by atoms with Crippen LogP contribution in [0.5, 0.6) is 0 Å². The van der Waals surface area contributed by atoms with Crippen LogP contribution in [0.1, 0.15) is 43.4 Å². The molecule has 4 heteroatoms. The maximum Gasteiger partial charge on any atom is 0.223 e. The average Bonchev–Trinajstić information content (AvgIpc) is 2.80. The highest BCUT2D eigenvalue weighted by Crippen LogP contribution is 2.41. The highest BCUT2D eigenvalue weighted by molar-refractivity contribution is 5.79. The summed E-state index contributed by atoms with van der Waals surface area (Å²) in [4.78, 5) is 19.1. The van der Waals surface area contributed by atoms with Crippen molar-refractivity contribution < 1.29 is 9.18 Å². The lowest BCUT2D eigenvalue weighted by Crippen LogP contribution is -2.47. The van der Waals surface area contributed by atoms with Crippen LogP contribution in [0.25, 0.3) is 11.1 Å². The first-order valence-electron chi connectivity index (χ1n) is 10.7. The van der Waals surface area contributed by atoms with Crippen molar-refractivity contribution >= 4 is 5.91 Å². The Balaban J connectivity index is 1.52. The second-order valence-electron chi connectivity index (χ2n) is 8.34. The number of aromatic nitrogens is 1. The Morgan fingerprint density at radius 3 is 2.52 bits per heavy atom. The Kier molecular flexibility index (Phi) is 5.99. The predicted molar refractivity (Wildman–Crippen MR) is 122 cm³/mol. The molecule has 0 spiro atoms. The fourth-order valence-electron chi connectivity index (χ4n) is 4.66. The van der Waals surface area contributed by atoms with Gasteiger partial charge in [0.25, 0.3) is 0 Å². The molecular formula is C27H27FN2O. The zero-order valence-electron chi connectivity index (χ0n) is 17.8. The summed E-state index contributed by atoms with van der Waals surface area (Å²) in [6.07, 6.45) is 6.97. The van der Waals surface area contributed by atoms with Crippen LogP contribution in [0, 0.1) is 5.82 Å². The number of hydrogen-bond donors (Lipinski definition) is 0. The SMILES string of the molecule is C=CC[C@]1(c2ccccc2)CCN([C@@H](C)c2ccc(-c3cncc(F)c3)cc2)C(=O)C1. The molecule has 4 rings (SSSR count). The molecule has 2 heterocycles. The van der Waals surface area contributed by atoms with Gasteiger partial charge in [0.1, 0.15) is 5.82 Å². The number of benzene rings is 2. The zero-order valence-corrected chi connectivity index (χ0v) is 17.8. The molecule has 0 unspecified atom stereocenters. The second-order valence-corrected chi connectivity index (χ2v) is 8.34. The molecule has 0 radical (unpaired) electrons. The molecule has 0 saturated carbocycles. The number of likely N-dealkylation sites (tertiary alicyclic amines) is 1. The molecule has 1 aromatic heterocycles. The molecule has 1 saturated heterocycles. The van der Waals surface area contributed by atoms with Gasteiger partial charge in [0.15, 0.2) is 0 Å². The van der Waals surface area contributed by atoms with Crippen molar-refractivity contribution in [1.29, 1.82) is 0 Å². The van der Waals surface area contributed by atoms with Crippen LogP contribution >= 0.6 is 0 Å². The van der Waals surface area contributed by atoms with E-state index in [1.165, 1.54) is 17.8 Å². The van der Waals surface area contributed by atoms with E-state index in [0.29, 0.717) is 13.0 Å². The minimum absolute atomic E-state index is 0.0234. The van der Waals surface area contributed by atoms with Gasteiger partial charge in [0.2, 0.25) is 5.91 Å². The number of rotatable bonds is 6. The summed E-state index contributed by atoms with van der Waals surface area (Å²) in [7, 11) is 0. The number of amides is 1. The number of carbonyl (C=O) groups excluding carboxylic acids is 1. The molecule has 0 bridgehead atoms. The largest absolute Gasteiger partial charge is 0.336 e. The molecule has 2 aromatic carbocycles. The lowest BCUT2D eigenvalue weighted by atomic mass is 9.70. The second kappa shape index (κ2) is 8.84. The molecule has 1 fully saturated rings. The van der Waals surface area contributed by atoms with Gasteiger partial charge in [-0.3, -0.25) is 9.78 Å². The van der Waals surface area contributed by atoms with Crippen molar-refractivity contribution in [3.63, 3.8) is 0 Å². The number of piperidine rings is 1. The minimum atomic E-state index is -0.352. The molecule has 0 aliphatic carbocycles. The Morgan fingerprint density at radius 2 is 1.87 bits per heavy atom. The maximum atomic E-state index is 13.5. The summed E-state index contributed by atoms with van der Waals surface area (Å²) in [6, 6.07) is 19.7. The quantitative estimate of drug-likeness (QED) is 0.458. The van der Waals surface area contributed by atoms with E-state index in [1.807, 2.05) is 53.4 Å². The molecule has 0 N–H and O–H groups in total. The molecule has 1 aliphatic heterocycles. The van der Waals surface area contributed by atoms with Crippen LogP contribution in [0.15, 0.2) is 85.7 Å². The van der Waals surface area contributed by atoms with Crippen LogP contribution in [-0.2, 0) is 10.2 Å². The van der Waals surface area contributed by atoms with E-state index in [0.717, 1.165) is 29.5 Å². The third-order valence-corrected chi connectivity index (χ3v) is 6.46. The van der Waals surface area contributed by atoms with Crippen LogP contribution in [0.2, 0.25) is 0 Å². The van der Waals surface area contributed by atoms with Crippen molar-refractivity contribution in [2.75, 3.05) is 6.54 Å². The summed E-state index contributed by atoms with van der Waals surface area (Å²) < 4.78 is 13.5. The van der Waals surface area contributed by atoms with E-state index in [1.54, 1.807) is 6.20 Å². The molecule has 3 aromatic rings. The van der Waals surface area contributed by atoms with Crippen molar-refractivity contribution in [2.45, 2.75) is 37.6 Å². The van der Waals surface area contributed by atoms with E-state index < -0.39 is 0 Å². The summed E-state index contributed by atoms with van der Waals surface area (Å²) in [5.41, 5.74) is 3.75. The minimum Gasteiger partial charge on any atom is -0.336 e. The number of carbonyl (C=O) groups is 1. The molecular weight excluding hydrogens is 387 g/mol. The van der Waals surface area contributed by atoms with Crippen LogP contribution < -0.4 is 0 Å². The third kappa shape index (κ3) is 4.29. The van der Waals surface area contributed by atoms with Gasteiger partial charge in [-0.25, -0.2) is 4.39 Å². The smallest absolute Gasteiger partial charge is 0.223 e. The molecule has 1 aliphatic rings. The number of halogens is 1. The molecule has 2 atom stereocenters. The fourth-order valence-corrected chi connectivity index (χ4v) is 4.66. The lowest BCUT2D eigenvalue weighted by molar-refractivity contribution is -0.138. The number of pyridine rings is 1. The van der Waals surface area contributed by atoms with Crippen molar-refractivity contribution in [1.82, 2.24) is 9.88 Å². The van der Waals surface area contributed by atoms with E-state index in [4.69, 9.17) is 0 Å². The Labute approximate surface area is 183 Å². The predicted octanol–water partition coefficient (Wildman–Crippen LogP) is 6.09. The Morgan fingerprint density at radius 1 is 1.13 bits per heavy atom. The standard InChI is InChI=1S/C27H27FN2O/c1-3-13-27(24-7-5-4-6-8-24)14-15-30(26(31)17-27)20(2)21-9-11-22(12-10-21)23-16-25(28)19-29-18-23/h3-12,16,18-20H,1,13-15,17H2,2H3/t20-,27-/m0/s1. The molecule has 158 valence electrons. The van der Waals surface area contributed by atoms with Gasteiger partial charge in [-0.1, -0.05) is 60.7 Å². The van der Waals surface area contributed by atoms with E-state index in [-0.39, 0.29) is 23.2 Å². The van der Waals surface area contributed by atoms with Crippen LogP contribution in [-0.4, -0.2) is 22.3 Å². The highest BCUT2D eigenvalue weighted by atomic mass is 19.1. The molecule has 3 nitrogen and oxygen atoms in total. The first kappa shape index (κ1) is 21.0. The van der Waals surface area contributed by atoms with Crippen molar-refractivity contribution in [3.05, 3.63) is 103 Å². The van der Waals surface area contributed by atoms with Gasteiger partial charge in [-0.05, 0) is 42.5 Å². The van der Waals surface area contributed by atoms with Crippen molar-refractivity contribution in [3.8, 4) is 11.1 Å². The first-order chi connectivity index (χ1) is 15.0. The van der Waals surface area contributed by atoms with Crippen LogP contribution in [0.4, 0.5) is 4.39 Å². The Hall–Kier alpha value is -3.27. The summed E-state index contributed by atoms with van der Waals surface area (Å²) in [6.45, 7) is 6.71. The first-order valence-corrected chi connectivity index (χ1v) is 10.7. The highest BCUT2D eigenvalue weighted by Gasteiger charge is 2.40. The normalized spacial score (nSPS) is 19.8. The summed E-state index contributed by atoms with van der Waals surface area (Å²) >= 11 is 0. The van der Waals surface area contributed by atoms with E-state index in [9.17, 15) is 9.18 Å². The monoisotopic (exact) mass is 414 g/mol.